The molecule has 0 aromatic heterocycles. The fraction of sp³-hybridized carbons (Fsp3) is 0.667. The Balaban J connectivity index is 1.49. The predicted molar refractivity (Wildman–Crippen MR) is 124 cm³/mol. The zero-order valence-electron chi connectivity index (χ0n) is 19.4. The van der Waals surface area contributed by atoms with E-state index in [-0.39, 0.29) is 23.5 Å². The third-order valence-electron chi connectivity index (χ3n) is 5.93. The number of amides is 1. The SMILES string of the molecule is CN=C(NCc1cccc(NC(=O)C2CCCO2)c1)NCC1CCCOC1C(C)(C)C. The molecule has 3 rings (SSSR count). The molecule has 2 aliphatic rings. The second kappa shape index (κ2) is 11.0. The van der Waals surface area contributed by atoms with Crippen LogP contribution in [0.1, 0.15) is 52.0 Å². The summed E-state index contributed by atoms with van der Waals surface area (Å²) in [5.41, 5.74) is 1.98. The lowest BCUT2D eigenvalue weighted by Crippen LogP contribution is -2.47. The Morgan fingerprint density at radius 1 is 1.13 bits per heavy atom. The molecule has 7 heteroatoms. The largest absolute Gasteiger partial charge is 0.377 e. The van der Waals surface area contributed by atoms with Gasteiger partial charge in [-0.25, -0.2) is 0 Å². The number of carbonyl (C=O) groups is 1. The molecule has 1 aromatic rings. The normalized spacial score (nSPS) is 24.6. The molecular formula is C24H38N4O3. The lowest BCUT2D eigenvalue weighted by molar-refractivity contribution is -0.124. The fourth-order valence-corrected chi connectivity index (χ4v) is 4.41. The highest BCUT2D eigenvalue weighted by molar-refractivity contribution is 5.94. The maximum Gasteiger partial charge on any atom is 0.253 e. The van der Waals surface area contributed by atoms with Gasteiger partial charge in [0.15, 0.2) is 5.96 Å². The number of rotatable bonds is 6. The number of guanidine groups is 1. The van der Waals surface area contributed by atoms with Crippen LogP contribution < -0.4 is 16.0 Å². The quantitative estimate of drug-likeness (QED) is 0.476. The van der Waals surface area contributed by atoms with Crippen molar-refractivity contribution < 1.29 is 14.3 Å². The van der Waals surface area contributed by atoms with E-state index in [1.54, 1.807) is 7.05 Å². The minimum atomic E-state index is -0.328. The van der Waals surface area contributed by atoms with E-state index in [1.807, 2.05) is 24.3 Å². The summed E-state index contributed by atoms with van der Waals surface area (Å²) in [6, 6.07) is 7.87. The van der Waals surface area contributed by atoms with Crippen LogP contribution in [0.4, 0.5) is 5.69 Å². The molecule has 0 saturated carbocycles. The number of benzene rings is 1. The Morgan fingerprint density at radius 3 is 2.61 bits per heavy atom. The van der Waals surface area contributed by atoms with Gasteiger partial charge in [-0.3, -0.25) is 9.79 Å². The van der Waals surface area contributed by atoms with Crippen molar-refractivity contribution in [3.63, 3.8) is 0 Å². The first-order valence-electron chi connectivity index (χ1n) is 11.4. The first kappa shape index (κ1) is 23.5. The van der Waals surface area contributed by atoms with Gasteiger partial charge in [0.2, 0.25) is 0 Å². The topological polar surface area (TPSA) is 84.0 Å². The van der Waals surface area contributed by atoms with E-state index in [0.717, 1.165) is 49.6 Å². The van der Waals surface area contributed by atoms with Gasteiger partial charge >= 0.3 is 0 Å². The molecule has 0 aliphatic carbocycles. The Kier molecular flexibility index (Phi) is 8.32. The van der Waals surface area contributed by atoms with Crippen molar-refractivity contribution in [3.05, 3.63) is 29.8 Å². The molecule has 0 radical (unpaired) electrons. The molecule has 172 valence electrons. The average Bonchev–Trinajstić information content (AvgIpc) is 3.29. The number of nitrogens with one attached hydrogen (secondary N) is 3. The van der Waals surface area contributed by atoms with Gasteiger partial charge < -0.3 is 25.4 Å². The fourth-order valence-electron chi connectivity index (χ4n) is 4.41. The number of carbonyl (C=O) groups excluding carboxylic acids is 1. The summed E-state index contributed by atoms with van der Waals surface area (Å²) in [7, 11) is 1.78. The summed E-state index contributed by atoms with van der Waals surface area (Å²) < 4.78 is 11.5. The third kappa shape index (κ3) is 6.94. The van der Waals surface area contributed by atoms with Crippen molar-refractivity contribution in [2.75, 3.05) is 32.1 Å². The van der Waals surface area contributed by atoms with Crippen LogP contribution in [0.25, 0.3) is 0 Å². The van der Waals surface area contributed by atoms with Crippen molar-refractivity contribution in [1.82, 2.24) is 10.6 Å². The van der Waals surface area contributed by atoms with Crippen LogP contribution in [0, 0.1) is 11.3 Å². The van der Waals surface area contributed by atoms with E-state index < -0.39 is 0 Å². The van der Waals surface area contributed by atoms with E-state index in [2.05, 4.69) is 41.7 Å². The molecule has 3 atom stereocenters. The summed E-state index contributed by atoms with van der Waals surface area (Å²) in [5.74, 6) is 1.17. The van der Waals surface area contributed by atoms with Gasteiger partial charge in [-0.05, 0) is 48.8 Å². The van der Waals surface area contributed by atoms with Crippen molar-refractivity contribution in [3.8, 4) is 0 Å². The second-order valence-corrected chi connectivity index (χ2v) is 9.56. The summed E-state index contributed by atoms with van der Waals surface area (Å²) >= 11 is 0. The first-order valence-corrected chi connectivity index (χ1v) is 11.4. The summed E-state index contributed by atoms with van der Waals surface area (Å²) in [6.45, 7) is 9.70. The van der Waals surface area contributed by atoms with Crippen LogP contribution in [-0.2, 0) is 20.8 Å². The molecule has 3 N–H and O–H groups in total. The molecule has 2 saturated heterocycles. The van der Waals surface area contributed by atoms with Gasteiger partial charge in [0.25, 0.3) is 5.91 Å². The average molecular weight is 431 g/mol. The lowest BCUT2D eigenvalue weighted by Gasteiger charge is -2.40. The van der Waals surface area contributed by atoms with Crippen LogP contribution in [-0.4, -0.2) is 50.9 Å². The molecule has 2 heterocycles. The smallest absolute Gasteiger partial charge is 0.253 e. The highest BCUT2D eigenvalue weighted by Gasteiger charge is 2.35. The third-order valence-corrected chi connectivity index (χ3v) is 5.93. The van der Waals surface area contributed by atoms with Crippen molar-refractivity contribution in [1.29, 1.82) is 0 Å². The van der Waals surface area contributed by atoms with Gasteiger partial charge in [0.1, 0.15) is 6.10 Å². The van der Waals surface area contributed by atoms with Crippen molar-refractivity contribution in [2.24, 2.45) is 16.3 Å². The second-order valence-electron chi connectivity index (χ2n) is 9.56. The van der Waals surface area contributed by atoms with Gasteiger partial charge in [0.05, 0.1) is 6.10 Å². The maximum atomic E-state index is 12.3. The van der Waals surface area contributed by atoms with E-state index >= 15 is 0 Å². The zero-order chi connectivity index (χ0) is 22.3. The monoisotopic (exact) mass is 430 g/mol. The summed E-state index contributed by atoms with van der Waals surface area (Å²) in [6.07, 6.45) is 3.92. The van der Waals surface area contributed by atoms with Gasteiger partial charge in [-0.1, -0.05) is 32.9 Å². The van der Waals surface area contributed by atoms with Gasteiger partial charge in [-0.2, -0.15) is 0 Å². The Labute approximate surface area is 186 Å². The van der Waals surface area contributed by atoms with Crippen LogP contribution in [0.2, 0.25) is 0 Å². The minimum Gasteiger partial charge on any atom is -0.377 e. The predicted octanol–water partition coefficient (Wildman–Crippen LogP) is 3.31. The molecule has 2 fully saturated rings. The molecule has 7 nitrogen and oxygen atoms in total. The number of nitrogens with zero attached hydrogens (tertiary/aromatic N) is 1. The molecule has 0 bridgehead atoms. The Hall–Kier alpha value is -2.12. The molecular weight excluding hydrogens is 392 g/mol. The molecule has 1 aromatic carbocycles. The lowest BCUT2D eigenvalue weighted by atomic mass is 9.78. The summed E-state index contributed by atoms with van der Waals surface area (Å²) in [4.78, 5) is 16.6. The number of ether oxygens (including phenoxy) is 2. The number of aliphatic imine (C=N–C) groups is 1. The van der Waals surface area contributed by atoms with Gasteiger partial charge in [-0.15, -0.1) is 0 Å². The molecule has 2 aliphatic heterocycles. The Bertz CT molecular complexity index is 753. The van der Waals surface area contributed by atoms with Gasteiger partial charge in [0, 0.05) is 45.0 Å². The van der Waals surface area contributed by atoms with E-state index in [4.69, 9.17) is 9.47 Å². The molecule has 31 heavy (non-hydrogen) atoms. The maximum absolute atomic E-state index is 12.3. The van der Waals surface area contributed by atoms with Crippen LogP contribution >= 0.6 is 0 Å². The molecule has 1 amide bonds. The van der Waals surface area contributed by atoms with E-state index in [0.29, 0.717) is 19.1 Å². The minimum absolute atomic E-state index is 0.0665. The van der Waals surface area contributed by atoms with Crippen molar-refractivity contribution in [2.45, 2.75) is 65.2 Å². The van der Waals surface area contributed by atoms with E-state index in [9.17, 15) is 4.79 Å². The number of anilines is 1. The summed E-state index contributed by atoms with van der Waals surface area (Å²) in [5, 5.41) is 9.80. The highest BCUT2D eigenvalue weighted by Crippen LogP contribution is 2.33. The number of hydrogen-bond donors (Lipinski definition) is 3. The van der Waals surface area contributed by atoms with Crippen LogP contribution in [0.3, 0.4) is 0 Å². The van der Waals surface area contributed by atoms with E-state index in [1.165, 1.54) is 6.42 Å². The Morgan fingerprint density at radius 2 is 1.90 bits per heavy atom. The molecule has 0 spiro atoms. The first-order chi connectivity index (χ1) is 14.9. The zero-order valence-corrected chi connectivity index (χ0v) is 19.4. The van der Waals surface area contributed by atoms with Crippen LogP contribution in [0.15, 0.2) is 29.3 Å². The standard InChI is InChI=1S/C24H38N4O3/c1-24(2,3)21-18(9-6-13-31-21)16-27-23(25-4)26-15-17-8-5-10-19(14-17)28-22(29)20-11-7-12-30-20/h5,8,10,14,18,20-21H,6-7,9,11-13,15-16H2,1-4H3,(H,28,29)(H2,25,26,27). The highest BCUT2D eigenvalue weighted by atomic mass is 16.5. The van der Waals surface area contributed by atoms with Crippen molar-refractivity contribution >= 4 is 17.6 Å². The van der Waals surface area contributed by atoms with Crippen LogP contribution in [0.5, 0.6) is 0 Å². The number of hydrogen-bond acceptors (Lipinski definition) is 4. The molecule has 3 unspecified atom stereocenters.